The Morgan fingerprint density at radius 3 is 1.38 bits per heavy atom. The van der Waals surface area contributed by atoms with Crippen molar-refractivity contribution in [3.8, 4) is 17.6 Å². The number of nitrogens with zero attached hydrogens (tertiary/aromatic N) is 2. The third kappa shape index (κ3) is 6.42. The second-order valence-corrected chi connectivity index (χ2v) is 12.3. The van der Waals surface area contributed by atoms with E-state index in [0.717, 1.165) is 0 Å². The molecule has 37 heavy (non-hydrogen) atoms. The molecule has 0 saturated carbocycles. The number of allylic oxidation sites excluding steroid dienone is 1. The summed E-state index contributed by atoms with van der Waals surface area (Å²) in [6, 6.07) is 8.44. The maximum absolute atomic E-state index is 13.4. The highest BCUT2D eigenvalue weighted by atomic mass is 32.2. The zero-order chi connectivity index (χ0) is 28.2. The summed E-state index contributed by atoms with van der Waals surface area (Å²) in [6.45, 7) is 23.0. The molecular weight excluding hydrogens is 484 g/mol. The van der Waals surface area contributed by atoms with Gasteiger partial charge < -0.3 is 10.2 Å². The molecule has 0 aliphatic carbocycles. The molecule has 0 atom stereocenters. The minimum Gasteiger partial charge on any atom is -0.507 e. The van der Waals surface area contributed by atoms with Gasteiger partial charge in [0.2, 0.25) is 9.84 Å². The standard InChI is InChI=1S/C30H36N2O4S/c1-17(2)24-11-21(12-25(18(3)4)29(24)33)10-23(16-31)37(35,36)28(32-9)15-22-13-26(19(5)6)30(34)27(14-22)20(7)8/h10-15,17-20,33-34H,1-8H3. The van der Waals surface area contributed by atoms with Crippen LogP contribution in [0.25, 0.3) is 17.0 Å². The van der Waals surface area contributed by atoms with Crippen LogP contribution in [0, 0.1) is 17.9 Å². The average molecular weight is 521 g/mol. The zero-order valence-corrected chi connectivity index (χ0v) is 23.6. The molecular formula is C30H36N2O4S. The van der Waals surface area contributed by atoms with Gasteiger partial charge in [0.1, 0.15) is 22.5 Å². The fourth-order valence-corrected chi connectivity index (χ4v) is 5.13. The van der Waals surface area contributed by atoms with Crippen LogP contribution in [0.4, 0.5) is 0 Å². The van der Waals surface area contributed by atoms with Crippen LogP contribution in [0.5, 0.6) is 11.5 Å². The highest BCUT2D eigenvalue weighted by Crippen LogP contribution is 2.37. The van der Waals surface area contributed by atoms with Gasteiger partial charge in [-0.3, -0.25) is 0 Å². The van der Waals surface area contributed by atoms with Gasteiger partial charge in [-0.15, -0.1) is 0 Å². The molecule has 0 spiro atoms. The Morgan fingerprint density at radius 2 is 1.11 bits per heavy atom. The molecule has 2 rings (SSSR count). The summed E-state index contributed by atoms with van der Waals surface area (Å²) in [7, 11) is -4.43. The van der Waals surface area contributed by atoms with Crippen molar-refractivity contribution in [2.75, 3.05) is 0 Å². The molecule has 0 amide bonds. The molecule has 196 valence electrons. The summed E-state index contributed by atoms with van der Waals surface area (Å²) in [4.78, 5) is 2.71. The first-order valence-electron chi connectivity index (χ1n) is 12.3. The fourth-order valence-electron chi connectivity index (χ4n) is 4.08. The van der Waals surface area contributed by atoms with Crippen molar-refractivity contribution in [3.05, 3.63) is 79.0 Å². The van der Waals surface area contributed by atoms with Crippen molar-refractivity contribution in [2.24, 2.45) is 0 Å². The third-order valence-electron chi connectivity index (χ3n) is 6.24. The van der Waals surface area contributed by atoms with E-state index in [1.807, 2.05) is 55.4 Å². The van der Waals surface area contributed by atoms with Crippen LogP contribution in [0.1, 0.15) is 112 Å². The van der Waals surface area contributed by atoms with E-state index >= 15 is 0 Å². The van der Waals surface area contributed by atoms with Crippen LogP contribution in [0.3, 0.4) is 0 Å². The Hall–Kier alpha value is -3.55. The van der Waals surface area contributed by atoms with Gasteiger partial charge >= 0.3 is 0 Å². The Balaban J connectivity index is 2.74. The third-order valence-corrected chi connectivity index (χ3v) is 7.79. The Labute approximate surface area is 221 Å². The normalized spacial score (nSPS) is 12.9. The molecule has 0 fully saturated rings. The number of phenolic OH excluding ortho intramolecular Hbond substituents is 2. The smallest absolute Gasteiger partial charge is 0.284 e. The van der Waals surface area contributed by atoms with Crippen molar-refractivity contribution in [1.82, 2.24) is 0 Å². The molecule has 7 heteroatoms. The Morgan fingerprint density at radius 1 is 0.784 bits per heavy atom. The number of hydrogen-bond acceptors (Lipinski definition) is 5. The predicted molar refractivity (Wildman–Crippen MR) is 150 cm³/mol. The number of phenols is 2. The predicted octanol–water partition coefficient (Wildman–Crippen LogP) is 7.79. The van der Waals surface area contributed by atoms with E-state index in [1.165, 1.54) is 12.2 Å². The molecule has 0 bridgehead atoms. The van der Waals surface area contributed by atoms with Crippen LogP contribution in [0.2, 0.25) is 0 Å². The average Bonchev–Trinajstić information content (AvgIpc) is 2.81. The highest BCUT2D eigenvalue weighted by Gasteiger charge is 2.26. The van der Waals surface area contributed by atoms with Crippen molar-refractivity contribution in [3.63, 3.8) is 0 Å². The molecule has 0 saturated heterocycles. The summed E-state index contributed by atoms with van der Waals surface area (Å²) < 4.78 is 26.9. The summed E-state index contributed by atoms with van der Waals surface area (Å²) in [5.74, 6) is 0.250. The molecule has 0 unspecified atom stereocenters. The van der Waals surface area contributed by atoms with Gasteiger partial charge in [-0.05, 0) is 93.5 Å². The molecule has 0 aliphatic heterocycles. The molecule has 6 nitrogen and oxygen atoms in total. The van der Waals surface area contributed by atoms with Crippen molar-refractivity contribution < 1.29 is 18.6 Å². The minimum absolute atomic E-state index is 0.0202. The van der Waals surface area contributed by atoms with Gasteiger partial charge in [0.25, 0.3) is 5.03 Å². The van der Waals surface area contributed by atoms with E-state index in [1.54, 1.807) is 30.3 Å². The molecule has 0 radical (unpaired) electrons. The first-order valence-corrected chi connectivity index (χ1v) is 13.8. The van der Waals surface area contributed by atoms with Crippen molar-refractivity contribution >= 4 is 22.0 Å². The molecule has 0 aromatic heterocycles. The Kier molecular flexibility index (Phi) is 9.36. The lowest BCUT2D eigenvalue weighted by Gasteiger charge is -2.17. The van der Waals surface area contributed by atoms with Crippen LogP contribution in [-0.4, -0.2) is 18.6 Å². The number of rotatable bonds is 8. The zero-order valence-electron chi connectivity index (χ0n) is 22.8. The largest absolute Gasteiger partial charge is 0.507 e. The topological polar surface area (TPSA) is 103 Å². The van der Waals surface area contributed by atoms with Crippen molar-refractivity contribution in [2.45, 2.75) is 79.1 Å². The first-order chi connectivity index (χ1) is 17.1. The van der Waals surface area contributed by atoms with E-state index in [9.17, 15) is 23.9 Å². The number of nitriles is 1. The molecule has 0 aliphatic rings. The van der Waals surface area contributed by atoms with Gasteiger partial charge in [-0.2, -0.15) is 5.26 Å². The highest BCUT2D eigenvalue weighted by molar-refractivity contribution is 7.99. The lowest BCUT2D eigenvalue weighted by molar-refractivity contribution is 0.454. The van der Waals surface area contributed by atoms with Gasteiger partial charge in [0.15, 0.2) is 0 Å². The summed E-state index contributed by atoms with van der Waals surface area (Å²) >= 11 is 0. The van der Waals surface area contributed by atoms with Gasteiger partial charge in [-0.1, -0.05) is 55.4 Å². The second-order valence-electron chi connectivity index (χ2n) is 10.4. The summed E-state index contributed by atoms with van der Waals surface area (Å²) in [5, 5.41) is 30.6. The van der Waals surface area contributed by atoms with Crippen LogP contribution >= 0.6 is 0 Å². The fraction of sp³-hybridized carbons (Fsp3) is 0.400. The van der Waals surface area contributed by atoms with Gasteiger partial charge in [-0.25, -0.2) is 13.3 Å². The second kappa shape index (κ2) is 11.7. The molecule has 2 aromatic rings. The minimum atomic E-state index is -4.43. The SMILES string of the molecule is [C-]#[N+]C(=Cc1cc(C(C)C)c(O)c(C(C)C)c1)S(=O)(=O)C(C#N)=Cc1cc(C(C)C)c(O)c(C(C)C)c1. The van der Waals surface area contributed by atoms with Gasteiger partial charge in [0.05, 0.1) is 6.57 Å². The van der Waals surface area contributed by atoms with E-state index in [2.05, 4.69) is 4.85 Å². The lowest BCUT2D eigenvalue weighted by atomic mass is 9.91. The van der Waals surface area contributed by atoms with Crippen molar-refractivity contribution in [1.29, 1.82) is 5.26 Å². The number of hydrogen-bond donors (Lipinski definition) is 2. The monoisotopic (exact) mass is 520 g/mol. The van der Waals surface area contributed by atoms with Crippen LogP contribution in [-0.2, 0) is 9.84 Å². The quantitative estimate of drug-likeness (QED) is 0.273. The van der Waals surface area contributed by atoms with E-state index in [4.69, 9.17) is 6.57 Å². The van der Waals surface area contributed by atoms with E-state index < -0.39 is 19.8 Å². The van der Waals surface area contributed by atoms with E-state index in [0.29, 0.717) is 33.4 Å². The van der Waals surface area contributed by atoms with Crippen LogP contribution in [0.15, 0.2) is 34.2 Å². The first kappa shape index (κ1) is 29.7. The maximum atomic E-state index is 13.4. The molecule has 2 N–H and O–H groups in total. The molecule has 0 heterocycles. The lowest BCUT2D eigenvalue weighted by Crippen LogP contribution is -2.05. The Bertz CT molecular complexity index is 1270. The van der Waals surface area contributed by atoms with Gasteiger partial charge in [0, 0.05) is 0 Å². The van der Waals surface area contributed by atoms with Crippen LogP contribution < -0.4 is 0 Å². The van der Waals surface area contributed by atoms with E-state index in [-0.39, 0.29) is 35.2 Å². The number of aromatic hydroxyl groups is 2. The summed E-state index contributed by atoms with van der Waals surface area (Å²) in [5.41, 5.74) is 3.54. The number of sulfone groups is 1. The number of benzene rings is 2. The maximum Gasteiger partial charge on any atom is 0.284 e. The summed E-state index contributed by atoms with van der Waals surface area (Å²) in [6.07, 6.45) is 2.50. The molecule has 2 aromatic carbocycles.